The molecule has 0 radical (unpaired) electrons. The highest BCUT2D eigenvalue weighted by Gasteiger charge is 2.18. The molecule has 1 aliphatic heterocycles. The molecule has 4 nitrogen and oxygen atoms in total. The molecule has 1 fully saturated rings. The Morgan fingerprint density at radius 1 is 1.54 bits per heavy atom. The number of aliphatic hydroxyl groups excluding tert-OH is 1. The molecule has 5 heteroatoms. The van der Waals surface area contributed by atoms with Gasteiger partial charge in [-0.3, -0.25) is 4.90 Å². The molecule has 0 amide bonds. The first-order valence-electron chi connectivity index (χ1n) is 4.55. The molecule has 0 aliphatic carbocycles. The van der Waals surface area contributed by atoms with Crippen molar-refractivity contribution in [3.8, 4) is 0 Å². The molecule has 0 aromatic heterocycles. The van der Waals surface area contributed by atoms with Gasteiger partial charge in [0.25, 0.3) is 0 Å². The quantitative estimate of drug-likeness (QED) is 0.677. The molecular weight excluding hydrogens is 190 g/mol. The van der Waals surface area contributed by atoms with E-state index in [1.807, 2.05) is 4.90 Å². The maximum absolute atomic E-state index is 10.9. The molecule has 1 atom stereocenters. The fourth-order valence-corrected chi connectivity index (χ4v) is 2.12. The van der Waals surface area contributed by atoms with E-state index in [1.165, 1.54) is 6.26 Å². The molecule has 0 unspecified atom stereocenters. The van der Waals surface area contributed by atoms with Crippen LogP contribution in [0.5, 0.6) is 0 Å². The Morgan fingerprint density at radius 2 is 2.23 bits per heavy atom. The van der Waals surface area contributed by atoms with Gasteiger partial charge >= 0.3 is 0 Å². The summed E-state index contributed by atoms with van der Waals surface area (Å²) < 4.78 is 21.7. The highest BCUT2D eigenvalue weighted by molar-refractivity contribution is 7.90. The standard InChI is InChI=1S/C8H17NO3S/c1-13(11,12)6-5-9-4-2-3-8(10)7-9/h8,10H,2-7H2,1H3/t8-/m0/s1. The first-order valence-corrected chi connectivity index (χ1v) is 6.61. The van der Waals surface area contributed by atoms with Gasteiger partial charge in [-0.1, -0.05) is 0 Å². The zero-order valence-corrected chi connectivity index (χ0v) is 8.76. The Labute approximate surface area is 79.5 Å². The number of piperidine rings is 1. The van der Waals surface area contributed by atoms with Crippen LogP contribution in [-0.4, -0.2) is 56.2 Å². The average Bonchev–Trinajstić information content (AvgIpc) is 2.00. The van der Waals surface area contributed by atoms with Gasteiger partial charge in [0.2, 0.25) is 0 Å². The molecule has 0 spiro atoms. The van der Waals surface area contributed by atoms with Crippen LogP contribution in [0.25, 0.3) is 0 Å². The summed E-state index contributed by atoms with van der Waals surface area (Å²) in [6.45, 7) is 2.08. The van der Waals surface area contributed by atoms with E-state index >= 15 is 0 Å². The summed E-state index contributed by atoms with van der Waals surface area (Å²) in [5, 5.41) is 9.32. The smallest absolute Gasteiger partial charge is 0.148 e. The number of hydrogen-bond acceptors (Lipinski definition) is 4. The largest absolute Gasteiger partial charge is 0.392 e. The van der Waals surface area contributed by atoms with Crippen LogP contribution in [0.3, 0.4) is 0 Å². The lowest BCUT2D eigenvalue weighted by Crippen LogP contribution is -2.40. The Balaban J connectivity index is 2.29. The van der Waals surface area contributed by atoms with Crippen LogP contribution >= 0.6 is 0 Å². The van der Waals surface area contributed by atoms with E-state index in [9.17, 15) is 13.5 Å². The van der Waals surface area contributed by atoms with Crippen LogP contribution in [0, 0.1) is 0 Å². The number of sulfone groups is 1. The lowest BCUT2D eigenvalue weighted by atomic mass is 10.1. The summed E-state index contributed by atoms with van der Waals surface area (Å²) in [6, 6.07) is 0. The van der Waals surface area contributed by atoms with E-state index in [0.29, 0.717) is 13.1 Å². The average molecular weight is 207 g/mol. The highest BCUT2D eigenvalue weighted by Crippen LogP contribution is 2.09. The molecule has 78 valence electrons. The number of aliphatic hydroxyl groups is 1. The molecule has 1 rings (SSSR count). The van der Waals surface area contributed by atoms with Gasteiger partial charge in [0, 0.05) is 19.3 Å². The summed E-state index contributed by atoms with van der Waals surface area (Å²) in [5.74, 6) is 0.194. The minimum Gasteiger partial charge on any atom is -0.392 e. The van der Waals surface area contributed by atoms with Crippen LogP contribution in [0.2, 0.25) is 0 Å². The van der Waals surface area contributed by atoms with Crippen molar-refractivity contribution in [1.29, 1.82) is 0 Å². The zero-order chi connectivity index (χ0) is 9.90. The van der Waals surface area contributed by atoms with Gasteiger partial charge in [-0.2, -0.15) is 0 Å². The molecule has 13 heavy (non-hydrogen) atoms. The second kappa shape index (κ2) is 4.39. The van der Waals surface area contributed by atoms with Crippen molar-refractivity contribution in [2.45, 2.75) is 18.9 Å². The second-order valence-electron chi connectivity index (χ2n) is 3.73. The first kappa shape index (κ1) is 10.9. The predicted molar refractivity (Wildman–Crippen MR) is 51.4 cm³/mol. The predicted octanol–water partition coefficient (Wildman–Crippen LogP) is -0.512. The number of nitrogens with zero attached hydrogens (tertiary/aromatic N) is 1. The summed E-state index contributed by atoms with van der Waals surface area (Å²) in [6.07, 6.45) is 2.78. The van der Waals surface area contributed by atoms with Gasteiger partial charge in [0.15, 0.2) is 0 Å². The van der Waals surface area contributed by atoms with Crippen molar-refractivity contribution >= 4 is 9.84 Å². The summed E-state index contributed by atoms with van der Waals surface area (Å²) in [7, 11) is -2.86. The van der Waals surface area contributed by atoms with E-state index in [2.05, 4.69) is 0 Å². The molecule has 1 saturated heterocycles. The summed E-state index contributed by atoms with van der Waals surface area (Å²) in [5.41, 5.74) is 0. The third-order valence-corrected chi connectivity index (χ3v) is 3.18. The van der Waals surface area contributed by atoms with Crippen molar-refractivity contribution in [2.24, 2.45) is 0 Å². The topological polar surface area (TPSA) is 57.6 Å². The zero-order valence-electron chi connectivity index (χ0n) is 7.94. The van der Waals surface area contributed by atoms with Crippen LogP contribution < -0.4 is 0 Å². The van der Waals surface area contributed by atoms with Crippen LogP contribution in [0.15, 0.2) is 0 Å². The van der Waals surface area contributed by atoms with E-state index in [0.717, 1.165) is 19.4 Å². The van der Waals surface area contributed by atoms with E-state index in [4.69, 9.17) is 0 Å². The van der Waals surface area contributed by atoms with Gasteiger partial charge in [-0.15, -0.1) is 0 Å². The van der Waals surface area contributed by atoms with Crippen LogP contribution in [0.1, 0.15) is 12.8 Å². The third-order valence-electron chi connectivity index (χ3n) is 2.26. The Bertz CT molecular complexity index is 250. The Morgan fingerprint density at radius 3 is 2.77 bits per heavy atom. The highest BCUT2D eigenvalue weighted by atomic mass is 32.2. The molecule has 0 bridgehead atoms. The molecule has 0 saturated carbocycles. The van der Waals surface area contributed by atoms with Crippen molar-refractivity contribution < 1.29 is 13.5 Å². The fourth-order valence-electron chi connectivity index (χ4n) is 1.53. The maximum Gasteiger partial charge on any atom is 0.148 e. The van der Waals surface area contributed by atoms with Crippen molar-refractivity contribution in [3.63, 3.8) is 0 Å². The lowest BCUT2D eigenvalue weighted by Gasteiger charge is -2.29. The minimum atomic E-state index is -2.86. The molecule has 1 N–H and O–H groups in total. The molecule has 1 heterocycles. The SMILES string of the molecule is CS(=O)(=O)CCN1CCC[C@H](O)C1. The van der Waals surface area contributed by atoms with Crippen molar-refractivity contribution in [3.05, 3.63) is 0 Å². The van der Waals surface area contributed by atoms with Gasteiger partial charge in [0.1, 0.15) is 9.84 Å². The molecule has 0 aromatic rings. The lowest BCUT2D eigenvalue weighted by molar-refractivity contribution is 0.0741. The molecule has 1 aliphatic rings. The van der Waals surface area contributed by atoms with E-state index < -0.39 is 9.84 Å². The van der Waals surface area contributed by atoms with Gasteiger partial charge in [-0.25, -0.2) is 8.42 Å². The maximum atomic E-state index is 10.9. The first-order chi connectivity index (χ1) is 5.97. The van der Waals surface area contributed by atoms with Gasteiger partial charge in [0.05, 0.1) is 11.9 Å². The van der Waals surface area contributed by atoms with E-state index in [1.54, 1.807) is 0 Å². The monoisotopic (exact) mass is 207 g/mol. The van der Waals surface area contributed by atoms with Crippen LogP contribution in [0.4, 0.5) is 0 Å². The van der Waals surface area contributed by atoms with Crippen LogP contribution in [-0.2, 0) is 9.84 Å². The minimum absolute atomic E-state index is 0.194. The van der Waals surface area contributed by atoms with Crippen molar-refractivity contribution in [2.75, 3.05) is 31.6 Å². The Kier molecular flexibility index (Phi) is 3.70. The molecule has 0 aromatic carbocycles. The summed E-state index contributed by atoms with van der Waals surface area (Å²) in [4.78, 5) is 2.01. The normalized spacial score (nSPS) is 26.2. The third kappa shape index (κ3) is 4.59. The fraction of sp³-hybridized carbons (Fsp3) is 1.00. The number of likely N-dealkylation sites (tertiary alicyclic amines) is 1. The second-order valence-corrected chi connectivity index (χ2v) is 5.99. The number of rotatable bonds is 3. The molecular formula is C8H17NO3S. The Hall–Kier alpha value is -0.130. The van der Waals surface area contributed by atoms with Gasteiger partial charge in [-0.05, 0) is 19.4 Å². The number of hydrogen-bond donors (Lipinski definition) is 1. The van der Waals surface area contributed by atoms with Gasteiger partial charge < -0.3 is 5.11 Å². The number of β-amino-alcohol motifs (C(OH)–C–C–N with tert-alkyl or cyclic N) is 1. The van der Waals surface area contributed by atoms with Crippen molar-refractivity contribution in [1.82, 2.24) is 4.90 Å². The van der Waals surface area contributed by atoms with E-state index in [-0.39, 0.29) is 11.9 Å². The summed E-state index contributed by atoms with van der Waals surface area (Å²) >= 11 is 0.